The fraction of sp³-hybridized carbons (Fsp3) is 0.269. The number of benzene rings is 3. The van der Waals surface area contributed by atoms with Gasteiger partial charge < -0.3 is 24.1 Å². The van der Waals surface area contributed by atoms with Crippen LogP contribution in [-0.2, 0) is 4.79 Å². The number of aliphatic carboxylic acids is 1. The molecule has 0 spiro atoms. The molecule has 4 rings (SSSR count). The van der Waals surface area contributed by atoms with Crippen molar-refractivity contribution in [1.82, 2.24) is 4.90 Å². The van der Waals surface area contributed by atoms with Crippen LogP contribution in [0.5, 0.6) is 28.7 Å². The van der Waals surface area contributed by atoms with E-state index in [1.54, 1.807) is 11.9 Å². The Bertz CT molecular complexity index is 1050. The molecule has 1 N–H and O–H groups in total. The summed E-state index contributed by atoms with van der Waals surface area (Å²) in [4.78, 5) is 12.7. The molecular weight excluding hydrogens is 422 g/mol. The van der Waals surface area contributed by atoms with Gasteiger partial charge in [0.05, 0.1) is 6.54 Å². The first-order valence-corrected chi connectivity index (χ1v) is 10.9. The third-order valence-corrected chi connectivity index (χ3v) is 5.21. The molecule has 0 aliphatic carbocycles. The molecule has 3 aromatic rings. The van der Waals surface area contributed by atoms with Crippen LogP contribution in [0, 0.1) is 0 Å². The van der Waals surface area contributed by atoms with Gasteiger partial charge >= 0.3 is 5.97 Å². The highest BCUT2D eigenvalue weighted by Crippen LogP contribution is 2.41. The lowest BCUT2D eigenvalue weighted by atomic mass is 10.1. The Morgan fingerprint density at radius 1 is 0.970 bits per heavy atom. The van der Waals surface area contributed by atoms with Gasteiger partial charge in [-0.15, -0.1) is 0 Å². The van der Waals surface area contributed by atoms with E-state index >= 15 is 0 Å². The summed E-state index contributed by atoms with van der Waals surface area (Å²) in [5.74, 6) is 2.40. The minimum atomic E-state index is -0.845. The number of nitrogens with zero attached hydrogens (tertiary/aromatic N) is 1. The van der Waals surface area contributed by atoms with Crippen molar-refractivity contribution in [2.75, 3.05) is 33.4 Å². The molecule has 1 heterocycles. The second-order valence-corrected chi connectivity index (χ2v) is 7.79. The predicted molar refractivity (Wildman–Crippen MR) is 124 cm³/mol. The minimum absolute atomic E-state index is 0.00844. The van der Waals surface area contributed by atoms with E-state index in [0.29, 0.717) is 54.9 Å². The van der Waals surface area contributed by atoms with E-state index in [4.69, 9.17) is 24.1 Å². The van der Waals surface area contributed by atoms with Crippen molar-refractivity contribution in [2.24, 2.45) is 0 Å². The minimum Gasteiger partial charge on any atom is -0.486 e. The van der Waals surface area contributed by atoms with E-state index in [1.807, 2.05) is 72.8 Å². The molecule has 172 valence electrons. The summed E-state index contributed by atoms with van der Waals surface area (Å²) in [7, 11) is 1.79. The fourth-order valence-electron chi connectivity index (χ4n) is 3.61. The Balaban J connectivity index is 1.43. The van der Waals surface area contributed by atoms with Gasteiger partial charge in [0.25, 0.3) is 0 Å². The van der Waals surface area contributed by atoms with Gasteiger partial charge in [-0.25, -0.2) is 0 Å². The lowest BCUT2D eigenvalue weighted by molar-refractivity contribution is -0.138. The van der Waals surface area contributed by atoms with Crippen molar-refractivity contribution >= 4 is 5.97 Å². The summed E-state index contributed by atoms with van der Waals surface area (Å²) in [6.45, 7) is 1.60. The summed E-state index contributed by atoms with van der Waals surface area (Å²) < 4.78 is 23.6. The van der Waals surface area contributed by atoms with Gasteiger partial charge in [-0.1, -0.05) is 36.4 Å². The second kappa shape index (κ2) is 10.7. The van der Waals surface area contributed by atoms with Crippen LogP contribution in [-0.4, -0.2) is 49.3 Å². The van der Waals surface area contributed by atoms with Gasteiger partial charge in [-0.05, 0) is 49.0 Å². The van der Waals surface area contributed by atoms with Gasteiger partial charge in [0, 0.05) is 13.0 Å². The van der Waals surface area contributed by atoms with Crippen LogP contribution in [0.3, 0.4) is 0 Å². The number of carboxylic acids is 1. The Morgan fingerprint density at radius 2 is 1.70 bits per heavy atom. The summed E-state index contributed by atoms with van der Waals surface area (Å²) in [5.41, 5.74) is 1.04. The fourth-order valence-corrected chi connectivity index (χ4v) is 3.61. The maximum Gasteiger partial charge on any atom is 0.317 e. The molecule has 0 aromatic heterocycles. The van der Waals surface area contributed by atoms with E-state index in [1.165, 1.54) is 0 Å². The number of hydrogen-bond donors (Lipinski definition) is 1. The van der Waals surface area contributed by atoms with Crippen molar-refractivity contribution in [3.63, 3.8) is 0 Å². The molecule has 0 radical (unpaired) electrons. The lowest BCUT2D eigenvalue weighted by Gasteiger charge is -2.23. The average molecular weight is 450 g/mol. The van der Waals surface area contributed by atoms with Crippen LogP contribution in [0.1, 0.15) is 18.1 Å². The molecule has 7 heteroatoms. The topological polar surface area (TPSA) is 77.5 Å². The van der Waals surface area contributed by atoms with Crippen molar-refractivity contribution in [3.05, 3.63) is 78.4 Å². The van der Waals surface area contributed by atoms with Gasteiger partial charge in [-0.3, -0.25) is 9.69 Å². The zero-order valence-electron chi connectivity index (χ0n) is 18.5. The number of carbonyl (C=O) groups is 1. The van der Waals surface area contributed by atoms with Gasteiger partial charge in [0.2, 0.25) is 5.75 Å². The maximum absolute atomic E-state index is 11.0. The third-order valence-electron chi connectivity index (χ3n) is 5.21. The normalized spacial score (nSPS) is 13.4. The van der Waals surface area contributed by atoms with Crippen molar-refractivity contribution in [2.45, 2.75) is 12.5 Å². The summed E-state index contributed by atoms with van der Waals surface area (Å²) in [6.07, 6.45) is 0.445. The highest BCUT2D eigenvalue weighted by molar-refractivity contribution is 5.69. The molecule has 1 aliphatic heterocycles. The van der Waals surface area contributed by atoms with Crippen LogP contribution in [0.15, 0.2) is 72.8 Å². The largest absolute Gasteiger partial charge is 0.486 e. The van der Waals surface area contributed by atoms with Crippen molar-refractivity contribution in [1.29, 1.82) is 0 Å². The van der Waals surface area contributed by atoms with E-state index in [0.717, 1.165) is 5.56 Å². The van der Waals surface area contributed by atoms with Crippen LogP contribution in [0.25, 0.3) is 0 Å². The van der Waals surface area contributed by atoms with Crippen molar-refractivity contribution in [3.8, 4) is 28.7 Å². The number of likely N-dealkylation sites (N-methyl/N-ethyl adjacent to an activating group) is 1. The number of ether oxygens (including phenoxy) is 4. The Hall–Kier alpha value is -3.71. The lowest BCUT2D eigenvalue weighted by Crippen LogP contribution is -2.28. The molecule has 3 aromatic carbocycles. The second-order valence-electron chi connectivity index (χ2n) is 7.79. The molecule has 0 amide bonds. The Morgan fingerprint density at radius 3 is 2.45 bits per heavy atom. The highest BCUT2D eigenvalue weighted by Gasteiger charge is 2.18. The first kappa shape index (κ1) is 22.5. The zero-order valence-corrected chi connectivity index (χ0v) is 18.5. The Labute approximate surface area is 193 Å². The molecule has 1 aliphatic rings. The summed E-state index contributed by atoms with van der Waals surface area (Å²) in [6, 6.07) is 22.9. The predicted octanol–water partition coefficient (Wildman–Crippen LogP) is 4.78. The van der Waals surface area contributed by atoms with Crippen LogP contribution < -0.4 is 18.9 Å². The van der Waals surface area contributed by atoms with E-state index < -0.39 is 5.97 Å². The molecule has 0 fully saturated rings. The molecule has 1 atom stereocenters. The number of carboxylic acid groups (broad SMARTS) is 1. The first-order chi connectivity index (χ1) is 16.1. The number of para-hydroxylation sites is 1. The molecule has 1 unspecified atom stereocenters. The van der Waals surface area contributed by atoms with Gasteiger partial charge in [0.15, 0.2) is 11.5 Å². The molecule has 0 saturated carbocycles. The van der Waals surface area contributed by atoms with E-state index in [2.05, 4.69) is 0 Å². The monoisotopic (exact) mass is 449 g/mol. The Kier molecular flexibility index (Phi) is 7.32. The molecule has 7 nitrogen and oxygen atoms in total. The quantitative estimate of drug-likeness (QED) is 0.477. The standard InChI is InChI=1S/C26H27NO6/c1-27(18-25(28)29)15-14-22(19-6-3-2-4-7-19)32-20-10-12-21(13-11-20)33-24-9-5-8-23-26(24)31-17-16-30-23/h2-13,22H,14-18H2,1H3,(H,28,29). The van der Waals surface area contributed by atoms with Crippen LogP contribution in [0.4, 0.5) is 0 Å². The third kappa shape index (κ3) is 6.17. The highest BCUT2D eigenvalue weighted by atomic mass is 16.6. The van der Waals surface area contributed by atoms with Crippen molar-refractivity contribution < 1.29 is 28.8 Å². The molecular formula is C26H27NO6. The number of fused-ring (bicyclic) bond motifs is 1. The van der Waals surface area contributed by atoms with Gasteiger partial charge in [-0.2, -0.15) is 0 Å². The molecule has 0 saturated heterocycles. The van der Waals surface area contributed by atoms with Crippen LogP contribution in [0.2, 0.25) is 0 Å². The first-order valence-electron chi connectivity index (χ1n) is 10.9. The molecule has 33 heavy (non-hydrogen) atoms. The van der Waals surface area contributed by atoms with E-state index in [-0.39, 0.29) is 12.6 Å². The van der Waals surface area contributed by atoms with Crippen LogP contribution >= 0.6 is 0 Å². The molecule has 0 bridgehead atoms. The summed E-state index contributed by atoms with van der Waals surface area (Å²) in [5, 5.41) is 9.00. The van der Waals surface area contributed by atoms with Gasteiger partial charge in [0.1, 0.15) is 30.8 Å². The average Bonchev–Trinajstić information content (AvgIpc) is 2.83. The zero-order chi connectivity index (χ0) is 23.0. The maximum atomic E-state index is 11.0. The SMILES string of the molecule is CN(CCC(Oc1ccc(Oc2cccc3c2OCCO3)cc1)c1ccccc1)CC(=O)O. The summed E-state index contributed by atoms with van der Waals surface area (Å²) >= 11 is 0. The van der Waals surface area contributed by atoms with E-state index in [9.17, 15) is 4.79 Å². The number of rotatable bonds is 10. The smallest absolute Gasteiger partial charge is 0.317 e. The number of hydrogen-bond acceptors (Lipinski definition) is 6.